The highest BCUT2D eigenvalue weighted by Crippen LogP contribution is 2.38. The number of nitrogens with zero attached hydrogens (tertiary/aromatic N) is 3. The molecule has 1 fully saturated rings. The molecule has 1 saturated heterocycles. The van der Waals surface area contributed by atoms with Crippen LogP contribution in [0.2, 0.25) is 0 Å². The minimum atomic E-state index is -0.863. The third kappa shape index (κ3) is 5.06. The van der Waals surface area contributed by atoms with Gasteiger partial charge in [0.1, 0.15) is 12.1 Å². The Kier molecular flexibility index (Phi) is 6.71. The molecule has 3 rings (SSSR count). The van der Waals surface area contributed by atoms with Crippen LogP contribution in [0.4, 0.5) is 5.69 Å². The molecule has 9 nitrogen and oxygen atoms in total. The summed E-state index contributed by atoms with van der Waals surface area (Å²) < 4.78 is 10.8. The lowest BCUT2D eigenvalue weighted by Gasteiger charge is -2.25. The molecule has 0 amide bonds. The SMILES string of the molecule is C#Cc1cccc(Oc2ncnc(C(CC3CCNCC3)OC=O)c2[N+](=O)[O-])c1. The fourth-order valence-corrected chi connectivity index (χ4v) is 3.34. The van der Waals surface area contributed by atoms with Gasteiger partial charge in [0, 0.05) is 5.56 Å². The van der Waals surface area contributed by atoms with Crippen molar-refractivity contribution in [1.29, 1.82) is 0 Å². The summed E-state index contributed by atoms with van der Waals surface area (Å²) in [5.74, 6) is 2.80. The van der Waals surface area contributed by atoms with Gasteiger partial charge in [-0.15, -0.1) is 6.42 Å². The Balaban J connectivity index is 1.94. The van der Waals surface area contributed by atoms with Crippen molar-refractivity contribution in [2.45, 2.75) is 25.4 Å². The molecule has 0 spiro atoms. The van der Waals surface area contributed by atoms with Gasteiger partial charge >= 0.3 is 11.6 Å². The van der Waals surface area contributed by atoms with Crippen LogP contribution in [0.15, 0.2) is 30.6 Å². The van der Waals surface area contributed by atoms with E-state index >= 15 is 0 Å². The number of benzene rings is 1. The molecule has 1 aliphatic rings. The number of nitro groups is 1. The summed E-state index contributed by atoms with van der Waals surface area (Å²) in [6.45, 7) is 1.99. The first kappa shape index (κ1) is 20.2. The van der Waals surface area contributed by atoms with Crippen molar-refractivity contribution in [3.05, 3.63) is 52.0 Å². The lowest BCUT2D eigenvalue weighted by molar-refractivity contribution is -0.387. The molecule has 0 bridgehead atoms. The molecule has 1 N–H and O–H groups in total. The third-order valence-electron chi connectivity index (χ3n) is 4.75. The molecule has 2 aromatic rings. The van der Waals surface area contributed by atoms with Crippen molar-refractivity contribution >= 4 is 12.2 Å². The highest BCUT2D eigenvalue weighted by Gasteiger charge is 2.33. The molecule has 1 aliphatic heterocycles. The Morgan fingerprint density at radius 2 is 2.17 bits per heavy atom. The summed E-state index contributed by atoms with van der Waals surface area (Å²) in [6.07, 6.45) is 7.89. The van der Waals surface area contributed by atoms with Crippen LogP contribution in [0.1, 0.15) is 36.6 Å². The summed E-state index contributed by atoms with van der Waals surface area (Å²) in [6, 6.07) is 6.56. The molecular weight excluding hydrogens is 376 g/mol. The van der Waals surface area contributed by atoms with Gasteiger partial charge < -0.3 is 14.8 Å². The highest BCUT2D eigenvalue weighted by atomic mass is 16.6. The summed E-state index contributed by atoms with van der Waals surface area (Å²) in [4.78, 5) is 30.2. The number of rotatable bonds is 8. The maximum atomic E-state index is 11.8. The Labute approximate surface area is 167 Å². The minimum absolute atomic E-state index is 0.0127. The standard InChI is InChI=1S/C20H20N4O5/c1-2-14-4-3-5-16(10-14)29-20-19(24(26)27)18(22-12-23-20)17(28-13-25)11-15-6-8-21-9-7-15/h1,3-5,10,12-13,15,17,21H,6-9,11H2. The zero-order chi connectivity index (χ0) is 20.6. The first-order valence-electron chi connectivity index (χ1n) is 9.16. The van der Waals surface area contributed by atoms with Crippen LogP contribution in [-0.2, 0) is 9.53 Å². The Bertz CT molecular complexity index is 921. The zero-order valence-corrected chi connectivity index (χ0v) is 15.6. The van der Waals surface area contributed by atoms with Gasteiger partial charge in [0.15, 0.2) is 11.8 Å². The van der Waals surface area contributed by atoms with E-state index in [0.717, 1.165) is 32.3 Å². The van der Waals surface area contributed by atoms with Gasteiger partial charge in [0.2, 0.25) is 0 Å². The van der Waals surface area contributed by atoms with E-state index < -0.39 is 16.7 Å². The molecule has 150 valence electrons. The topological polar surface area (TPSA) is 116 Å². The fraction of sp³-hybridized carbons (Fsp3) is 0.350. The monoisotopic (exact) mass is 396 g/mol. The first-order chi connectivity index (χ1) is 14.1. The molecule has 2 heterocycles. The van der Waals surface area contributed by atoms with E-state index in [-0.39, 0.29) is 24.0 Å². The van der Waals surface area contributed by atoms with E-state index in [1.54, 1.807) is 24.3 Å². The van der Waals surface area contributed by atoms with Gasteiger partial charge in [-0.1, -0.05) is 12.0 Å². The van der Waals surface area contributed by atoms with Crippen molar-refractivity contribution in [1.82, 2.24) is 15.3 Å². The number of terminal acetylenes is 1. The normalized spacial score (nSPS) is 15.1. The summed E-state index contributed by atoms with van der Waals surface area (Å²) >= 11 is 0. The quantitative estimate of drug-likeness (QED) is 0.313. The number of carbonyl (C=O) groups excluding carboxylic acids is 1. The first-order valence-corrected chi connectivity index (χ1v) is 9.16. The van der Waals surface area contributed by atoms with Crippen molar-refractivity contribution in [3.63, 3.8) is 0 Å². The van der Waals surface area contributed by atoms with E-state index in [9.17, 15) is 14.9 Å². The average molecular weight is 396 g/mol. The summed E-state index contributed by atoms with van der Waals surface area (Å²) in [7, 11) is 0. The van der Waals surface area contributed by atoms with E-state index in [1.807, 2.05) is 0 Å². The predicted molar refractivity (Wildman–Crippen MR) is 103 cm³/mol. The van der Waals surface area contributed by atoms with Crippen LogP contribution >= 0.6 is 0 Å². The van der Waals surface area contributed by atoms with Crippen LogP contribution in [0.3, 0.4) is 0 Å². The Morgan fingerprint density at radius 3 is 2.86 bits per heavy atom. The molecule has 1 atom stereocenters. The second-order valence-electron chi connectivity index (χ2n) is 6.59. The molecule has 1 aromatic heterocycles. The molecule has 0 radical (unpaired) electrons. The van der Waals surface area contributed by atoms with Gasteiger partial charge in [-0.2, -0.15) is 4.98 Å². The highest BCUT2D eigenvalue weighted by molar-refractivity contribution is 5.50. The predicted octanol–water partition coefficient (Wildman–Crippen LogP) is 2.76. The second-order valence-corrected chi connectivity index (χ2v) is 6.59. The van der Waals surface area contributed by atoms with Crippen LogP contribution in [0.5, 0.6) is 11.6 Å². The van der Waals surface area contributed by atoms with Crippen LogP contribution < -0.4 is 10.1 Å². The maximum Gasteiger partial charge on any atom is 0.356 e. The number of piperidine rings is 1. The largest absolute Gasteiger partial charge is 0.458 e. The van der Waals surface area contributed by atoms with Gasteiger partial charge in [0.25, 0.3) is 6.47 Å². The number of aromatic nitrogens is 2. The van der Waals surface area contributed by atoms with Crippen LogP contribution in [0, 0.1) is 28.4 Å². The lowest BCUT2D eigenvalue weighted by Crippen LogP contribution is -2.29. The van der Waals surface area contributed by atoms with Gasteiger partial charge in [0.05, 0.1) is 4.92 Å². The molecule has 0 aliphatic carbocycles. The fourth-order valence-electron chi connectivity index (χ4n) is 3.34. The minimum Gasteiger partial charge on any atom is -0.458 e. The maximum absolute atomic E-state index is 11.8. The van der Waals surface area contributed by atoms with Crippen molar-refractivity contribution in [2.75, 3.05) is 13.1 Å². The number of ether oxygens (including phenoxy) is 2. The van der Waals surface area contributed by atoms with E-state index in [0.29, 0.717) is 17.7 Å². The summed E-state index contributed by atoms with van der Waals surface area (Å²) in [5.41, 5.74) is 0.144. The van der Waals surface area contributed by atoms with E-state index in [4.69, 9.17) is 15.9 Å². The van der Waals surface area contributed by atoms with Crippen molar-refractivity contribution in [2.24, 2.45) is 5.92 Å². The average Bonchev–Trinajstić information content (AvgIpc) is 2.74. The molecule has 1 unspecified atom stereocenters. The molecule has 9 heteroatoms. The zero-order valence-electron chi connectivity index (χ0n) is 15.6. The van der Waals surface area contributed by atoms with Gasteiger partial charge in [-0.25, -0.2) is 4.98 Å². The van der Waals surface area contributed by atoms with E-state index in [2.05, 4.69) is 21.2 Å². The van der Waals surface area contributed by atoms with Crippen LogP contribution in [-0.4, -0.2) is 34.5 Å². The second kappa shape index (κ2) is 9.61. The van der Waals surface area contributed by atoms with Gasteiger partial charge in [-0.3, -0.25) is 14.9 Å². The Morgan fingerprint density at radius 1 is 1.38 bits per heavy atom. The van der Waals surface area contributed by atoms with E-state index in [1.165, 1.54) is 0 Å². The molecule has 0 saturated carbocycles. The van der Waals surface area contributed by atoms with Crippen molar-refractivity contribution in [3.8, 4) is 24.0 Å². The number of nitrogens with one attached hydrogen (secondary N) is 1. The number of hydrogen-bond donors (Lipinski definition) is 1. The third-order valence-corrected chi connectivity index (χ3v) is 4.75. The Hall–Kier alpha value is -3.51. The lowest BCUT2D eigenvalue weighted by atomic mass is 9.90. The van der Waals surface area contributed by atoms with Gasteiger partial charge in [-0.05, 0) is 56.5 Å². The molecule has 1 aromatic carbocycles. The molecule has 29 heavy (non-hydrogen) atoms. The van der Waals surface area contributed by atoms with Crippen LogP contribution in [0.25, 0.3) is 0 Å². The number of carbonyl (C=O) groups is 1. The number of hydrogen-bond acceptors (Lipinski definition) is 8. The smallest absolute Gasteiger partial charge is 0.356 e. The summed E-state index contributed by atoms with van der Waals surface area (Å²) in [5, 5.41) is 15.1. The molecular formula is C20H20N4O5. The van der Waals surface area contributed by atoms with Crippen molar-refractivity contribution < 1.29 is 19.2 Å².